The Morgan fingerprint density at radius 2 is 2.13 bits per heavy atom. The summed E-state index contributed by atoms with van der Waals surface area (Å²) in [5.74, 6) is -1.50. The Bertz CT molecular complexity index is 527. The van der Waals surface area contributed by atoms with E-state index in [9.17, 15) is 9.59 Å². The molecule has 7 heteroatoms. The van der Waals surface area contributed by atoms with Gasteiger partial charge in [0, 0.05) is 38.4 Å². The number of aryl methyl sites for hydroxylation is 2. The minimum absolute atomic E-state index is 0.177. The van der Waals surface area contributed by atoms with Crippen LogP contribution >= 0.6 is 0 Å². The van der Waals surface area contributed by atoms with Crippen molar-refractivity contribution in [3.63, 3.8) is 0 Å². The summed E-state index contributed by atoms with van der Waals surface area (Å²) in [5, 5.41) is 16.1. The third kappa shape index (κ3) is 6.30. The second-order valence-corrected chi connectivity index (χ2v) is 5.99. The molecule has 0 aliphatic heterocycles. The molecule has 0 radical (unpaired) electrons. The molecule has 23 heavy (non-hydrogen) atoms. The molecule has 1 rings (SSSR count). The number of aromatic nitrogens is 2. The van der Waals surface area contributed by atoms with Gasteiger partial charge in [-0.15, -0.1) is 0 Å². The van der Waals surface area contributed by atoms with E-state index in [0.717, 1.165) is 24.2 Å². The fourth-order valence-corrected chi connectivity index (χ4v) is 2.25. The van der Waals surface area contributed by atoms with Gasteiger partial charge in [-0.05, 0) is 13.3 Å². The maximum Gasteiger partial charge on any atom is 0.317 e. The molecule has 1 atom stereocenters. The highest BCUT2D eigenvalue weighted by Gasteiger charge is 2.17. The van der Waals surface area contributed by atoms with Crippen LogP contribution in [0.25, 0.3) is 0 Å². The predicted octanol–water partition coefficient (Wildman–Crippen LogP) is 2.24. The van der Waals surface area contributed by atoms with Gasteiger partial charge in [-0.25, -0.2) is 4.79 Å². The number of nitrogens with one attached hydrogen (secondary N) is 1. The van der Waals surface area contributed by atoms with Crippen LogP contribution in [0.4, 0.5) is 4.79 Å². The van der Waals surface area contributed by atoms with Crippen molar-refractivity contribution in [1.82, 2.24) is 20.0 Å². The number of urea groups is 1. The number of carboxylic acid groups (broad SMARTS) is 1. The molecule has 0 aliphatic carbocycles. The zero-order valence-electron chi connectivity index (χ0n) is 14.5. The Hall–Kier alpha value is -2.05. The minimum atomic E-state index is -0.908. The molecule has 0 aliphatic rings. The van der Waals surface area contributed by atoms with Crippen molar-refractivity contribution in [1.29, 1.82) is 0 Å². The number of amides is 2. The largest absolute Gasteiger partial charge is 0.481 e. The normalized spacial score (nSPS) is 12.0. The molecular formula is C16H28N4O3. The highest BCUT2D eigenvalue weighted by molar-refractivity contribution is 5.75. The topological polar surface area (TPSA) is 87.5 Å². The Labute approximate surface area is 137 Å². The SMILES string of the molecule is CCCCCn1cc(CNC(=O)N(C)CC(C)C(=O)O)c(C)n1. The van der Waals surface area contributed by atoms with E-state index in [-0.39, 0.29) is 12.6 Å². The maximum atomic E-state index is 12.0. The molecule has 0 fully saturated rings. The van der Waals surface area contributed by atoms with Gasteiger partial charge in [0.25, 0.3) is 0 Å². The number of hydrogen-bond acceptors (Lipinski definition) is 3. The smallest absolute Gasteiger partial charge is 0.317 e. The molecule has 7 nitrogen and oxygen atoms in total. The third-order valence-electron chi connectivity index (χ3n) is 3.78. The lowest BCUT2D eigenvalue weighted by atomic mass is 10.2. The lowest BCUT2D eigenvalue weighted by Crippen LogP contribution is -2.40. The van der Waals surface area contributed by atoms with Crippen LogP contribution in [0.1, 0.15) is 44.4 Å². The second-order valence-electron chi connectivity index (χ2n) is 5.99. The molecule has 1 unspecified atom stereocenters. The monoisotopic (exact) mass is 324 g/mol. The molecule has 130 valence electrons. The van der Waals surface area contributed by atoms with Crippen molar-refractivity contribution in [3.8, 4) is 0 Å². The van der Waals surface area contributed by atoms with Crippen molar-refractivity contribution in [2.24, 2.45) is 5.92 Å². The molecule has 0 saturated heterocycles. The maximum absolute atomic E-state index is 12.0. The van der Waals surface area contributed by atoms with E-state index in [1.54, 1.807) is 14.0 Å². The molecule has 0 saturated carbocycles. The quantitative estimate of drug-likeness (QED) is 0.682. The number of carbonyl (C=O) groups excluding carboxylic acids is 1. The Kier molecular flexibility index (Phi) is 7.57. The van der Waals surface area contributed by atoms with E-state index in [4.69, 9.17) is 5.11 Å². The van der Waals surface area contributed by atoms with Crippen LogP contribution in [-0.4, -0.2) is 45.4 Å². The van der Waals surface area contributed by atoms with Gasteiger partial charge in [-0.1, -0.05) is 26.7 Å². The molecule has 1 aromatic heterocycles. The number of nitrogens with zero attached hydrogens (tertiary/aromatic N) is 3. The van der Waals surface area contributed by atoms with Crippen LogP contribution in [0.3, 0.4) is 0 Å². The van der Waals surface area contributed by atoms with Crippen molar-refractivity contribution in [2.75, 3.05) is 13.6 Å². The van der Waals surface area contributed by atoms with Gasteiger partial charge < -0.3 is 15.3 Å². The third-order valence-corrected chi connectivity index (χ3v) is 3.78. The summed E-state index contributed by atoms with van der Waals surface area (Å²) in [4.78, 5) is 24.2. The Morgan fingerprint density at radius 1 is 1.43 bits per heavy atom. The van der Waals surface area contributed by atoms with Crippen molar-refractivity contribution in [3.05, 3.63) is 17.5 Å². The number of carboxylic acids is 1. The van der Waals surface area contributed by atoms with Gasteiger partial charge in [0.1, 0.15) is 0 Å². The van der Waals surface area contributed by atoms with Gasteiger partial charge in [-0.3, -0.25) is 9.48 Å². The summed E-state index contributed by atoms with van der Waals surface area (Å²) in [6.45, 7) is 7.13. The number of aliphatic carboxylic acids is 1. The van der Waals surface area contributed by atoms with Gasteiger partial charge in [0.05, 0.1) is 11.6 Å². The van der Waals surface area contributed by atoms with Crippen LogP contribution in [0, 0.1) is 12.8 Å². The molecule has 1 heterocycles. The predicted molar refractivity (Wildman–Crippen MR) is 88.2 cm³/mol. The molecular weight excluding hydrogens is 296 g/mol. The molecule has 0 aromatic carbocycles. The van der Waals surface area contributed by atoms with Crippen LogP contribution in [0.5, 0.6) is 0 Å². The zero-order valence-corrected chi connectivity index (χ0v) is 14.5. The first kappa shape index (κ1) is 19.0. The first-order valence-corrected chi connectivity index (χ1v) is 8.09. The first-order chi connectivity index (χ1) is 10.8. The van der Waals surface area contributed by atoms with Crippen molar-refractivity contribution >= 4 is 12.0 Å². The van der Waals surface area contributed by atoms with Gasteiger partial charge >= 0.3 is 12.0 Å². The van der Waals surface area contributed by atoms with Gasteiger partial charge in [0.2, 0.25) is 0 Å². The number of hydrogen-bond donors (Lipinski definition) is 2. The standard InChI is InChI=1S/C16H28N4O3/c1-5-6-7-8-20-11-14(13(3)18-20)9-17-16(23)19(4)10-12(2)15(21)22/h11-12H,5-10H2,1-4H3,(H,17,23)(H,21,22). The lowest BCUT2D eigenvalue weighted by Gasteiger charge is -2.19. The van der Waals surface area contributed by atoms with E-state index >= 15 is 0 Å². The van der Waals surface area contributed by atoms with Crippen molar-refractivity contribution in [2.45, 2.75) is 53.1 Å². The van der Waals surface area contributed by atoms with E-state index in [1.807, 2.05) is 17.8 Å². The summed E-state index contributed by atoms with van der Waals surface area (Å²) < 4.78 is 1.92. The molecule has 0 bridgehead atoms. The lowest BCUT2D eigenvalue weighted by molar-refractivity contribution is -0.141. The summed E-state index contributed by atoms with van der Waals surface area (Å²) in [6, 6.07) is -0.281. The van der Waals surface area contributed by atoms with Crippen LogP contribution in [0.2, 0.25) is 0 Å². The molecule has 2 amide bonds. The average Bonchev–Trinajstić information content (AvgIpc) is 2.84. The highest BCUT2D eigenvalue weighted by Crippen LogP contribution is 2.07. The van der Waals surface area contributed by atoms with E-state index in [2.05, 4.69) is 17.3 Å². The highest BCUT2D eigenvalue weighted by atomic mass is 16.4. The van der Waals surface area contributed by atoms with Gasteiger partial charge in [-0.2, -0.15) is 5.10 Å². The number of unbranched alkanes of at least 4 members (excludes halogenated alkanes) is 2. The Balaban J connectivity index is 2.47. The molecule has 1 aromatic rings. The summed E-state index contributed by atoms with van der Waals surface area (Å²) in [7, 11) is 1.59. The van der Waals surface area contributed by atoms with E-state index in [0.29, 0.717) is 6.54 Å². The van der Waals surface area contributed by atoms with Crippen molar-refractivity contribution < 1.29 is 14.7 Å². The van der Waals surface area contributed by atoms with Crippen LogP contribution in [-0.2, 0) is 17.9 Å². The zero-order chi connectivity index (χ0) is 17.4. The molecule has 0 spiro atoms. The summed E-state index contributed by atoms with van der Waals surface area (Å²) in [6.07, 6.45) is 5.41. The van der Waals surface area contributed by atoms with E-state index in [1.165, 1.54) is 17.7 Å². The summed E-state index contributed by atoms with van der Waals surface area (Å²) in [5.41, 5.74) is 1.89. The molecule has 2 N–H and O–H groups in total. The summed E-state index contributed by atoms with van der Waals surface area (Å²) >= 11 is 0. The number of rotatable bonds is 9. The Morgan fingerprint density at radius 3 is 2.74 bits per heavy atom. The van der Waals surface area contributed by atoms with E-state index < -0.39 is 11.9 Å². The van der Waals surface area contributed by atoms with Crippen LogP contribution in [0.15, 0.2) is 6.20 Å². The second kappa shape index (κ2) is 9.17. The number of carbonyl (C=O) groups is 2. The minimum Gasteiger partial charge on any atom is -0.481 e. The van der Waals surface area contributed by atoms with Gasteiger partial charge in [0.15, 0.2) is 0 Å². The fourth-order valence-electron chi connectivity index (χ4n) is 2.25. The van der Waals surface area contributed by atoms with Crippen LogP contribution < -0.4 is 5.32 Å². The first-order valence-electron chi connectivity index (χ1n) is 8.09. The average molecular weight is 324 g/mol. The fraction of sp³-hybridized carbons (Fsp3) is 0.688.